The van der Waals surface area contributed by atoms with Gasteiger partial charge in [0.25, 0.3) is 0 Å². The molecule has 1 aliphatic carbocycles. The fourth-order valence-corrected chi connectivity index (χ4v) is 3.61. The topological polar surface area (TPSA) is 77.0 Å². The summed E-state index contributed by atoms with van der Waals surface area (Å²) in [6.07, 6.45) is 8.98. The maximum atomic E-state index is 12.3. The van der Waals surface area contributed by atoms with E-state index in [9.17, 15) is 4.79 Å². The van der Waals surface area contributed by atoms with Crippen LogP contribution in [0.4, 0.5) is 0 Å². The number of amides is 1. The molecule has 1 heterocycles. The van der Waals surface area contributed by atoms with E-state index < -0.39 is 0 Å². The SMILES string of the molecule is CCCCc1nnc(SCC(=O)N(C)C2CCCCC2)n1N. The van der Waals surface area contributed by atoms with Gasteiger partial charge in [-0.15, -0.1) is 10.2 Å². The Balaban J connectivity index is 1.84. The van der Waals surface area contributed by atoms with E-state index in [1.54, 1.807) is 0 Å². The third-order valence-corrected chi connectivity index (χ3v) is 5.26. The Bertz CT molecular complexity index is 484. The molecule has 2 rings (SSSR count). The van der Waals surface area contributed by atoms with Crippen LogP contribution in [-0.2, 0) is 11.2 Å². The van der Waals surface area contributed by atoms with Gasteiger partial charge in [-0.05, 0) is 19.3 Å². The minimum atomic E-state index is 0.148. The number of hydrogen-bond acceptors (Lipinski definition) is 5. The van der Waals surface area contributed by atoms with E-state index in [4.69, 9.17) is 5.84 Å². The smallest absolute Gasteiger partial charge is 0.233 e. The summed E-state index contributed by atoms with van der Waals surface area (Å²) in [5, 5.41) is 8.82. The van der Waals surface area contributed by atoms with Crippen LogP contribution in [0.25, 0.3) is 0 Å². The van der Waals surface area contributed by atoms with Crippen LogP contribution in [-0.4, -0.2) is 44.5 Å². The predicted molar refractivity (Wildman–Crippen MR) is 89.2 cm³/mol. The molecule has 22 heavy (non-hydrogen) atoms. The molecule has 0 unspecified atom stereocenters. The van der Waals surface area contributed by atoms with Gasteiger partial charge in [0.2, 0.25) is 11.1 Å². The molecule has 1 amide bonds. The molecule has 2 N–H and O–H groups in total. The second kappa shape index (κ2) is 8.41. The van der Waals surface area contributed by atoms with E-state index in [-0.39, 0.29) is 5.91 Å². The van der Waals surface area contributed by atoms with Crippen molar-refractivity contribution in [1.82, 2.24) is 19.8 Å². The van der Waals surface area contributed by atoms with Crippen molar-refractivity contribution in [3.63, 3.8) is 0 Å². The molecule has 0 radical (unpaired) electrons. The minimum absolute atomic E-state index is 0.148. The molecule has 124 valence electrons. The van der Waals surface area contributed by atoms with Crippen molar-refractivity contribution >= 4 is 17.7 Å². The first-order valence-corrected chi connectivity index (χ1v) is 9.19. The molecule has 0 bridgehead atoms. The van der Waals surface area contributed by atoms with E-state index in [0.717, 1.165) is 37.9 Å². The lowest BCUT2D eigenvalue weighted by Crippen LogP contribution is -2.39. The summed E-state index contributed by atoms with van der Waals surface area (Å²) in [7, 11) is 1.92. The summed E-state index contributed by atoms with van der Waals surface area (Å²) in [5.41, 5.74) is 0. The number of nitrogens with two attached hydrogens (primary N) is 1. The van der Waals surface area contributed by atoms with Crippen LogP contribution in [0.5, 0.6) is 0 Å². The highest BCUT2D eigenvalue weighted by Gasteiger charge is 2.22. The highest BCUT2D eigenvalue weighted by molar-refractivity contribution is 7.99. The number of carbonyl (C=O) groups excluding carboxylic acids is 1. The Labute approximate surface area is 136 Å². The molecule has 1 aliphatic rings. The highest BCUT2D eigenvalue weighted by atomic mass is 32.2. The van der Waals surface area contributed by atoms with Gasteiger partial charge in [0.15, 0.2) is 5.82 Å². The second-order valence-corrected chi connectivity index (χ2v) is 6.90. The Hall–Kier alpha value is -1.24. The van der Waals surface area contributed by atoms with Crippen LogP contribution in [0.1, 0.15) is 57.7 Å². The molecular weight excluding hydrogens is 298 g/mol. The summed E-state index contributed by atoms with van der Waals surface area (Å²) < 4.78 is 1.52. The van der Waals surface area contributed by atoms with Crippen LogP contribution in [0, 0.1) is 0 Å². The van der Waals surface area contributed by atoms with Crippen LogP contribution < -0.4 is 5.84 Å². The van der Waals surface area contributed by atoms with E-state index in [0.29, 0.717) is 17.0 Å². The lowest BCUT2D eigenvalue weighted by molar-refractivity contribution is -0.129. The molecule has 1 aromatic heterocycles. The van der Waals surface area contributed by atoms with Crippen molar-refractivity contribution in [2.45, 2.75) is 69.5 Å². The van der Waals surface area contributed by atoms with Gasteiger partial charge < -0.3 is 10.7 Å². The number of aromatic nitrogens is 3. The van der Waals surface area contributed by atoms with Gasteiger partial charge in [-0.3, -0.25) is 4.79 Å². The van der Waals surface area contributed by atoms with E-state index in [1.807, 2.05) is 11.9 Å². The Morgan fingerprint density at radius 1 is 1.36 bits per heavy atom. The lowest BCUT2D eigenvalue weighted by atomic mass is 9.94. The van der Waals surface area contributed by atoms with Crippen molar-refractivity contribution in [3.8, 4) is 0 Å². The molecule has 6 nitrogen and oxygen atoms in total. The largest absolute Gasteiger partial charge is 0.342 e. The van der Waals surface area contributed by atoms with Gasteiger partial charge in [-0.2, -0.15) is 0 Å². The monoisotopic (exact) mass is 325 g/mol. The van der Waals surface area contributed by atoms with Crippen LogP contribution in [0.15, 0.2) is 5.16 Å². The normalized spacial score (nSPS) is 15.9. The average Bonchev–Trinajstić information content (AvgIpc) is 2.91. The Morgan fingerprint density at radius 3 is 2.77 bits per heavy atom. The first-order chi connectivity index (χ1) is 10.6. The first kappa shape index (κ1) is 17.1. The third-order valence-electron chi connectivity index (χ3n) is 4.33. The van der Waals surface area contributed by atoms with Crippen LogP contribution in [0.3, 0.4) is 0 Å². The summed E-state index contributed by atoms with van der Waals surface area (Å²) in [6, 6.07) is 0.401. The third kappa shape index (κ3) is 4.38. The second-order valence-electron chi connectivity index (χ2n) is 5.96. The van der Waals surface area contributed by atoms with Crippen LogP contribution >= 0.6 is 11.8 Å². The molecule has 0 aliphatic heterocycles. The van der Waals surface area contributed by atoms with Gasteiger partial charge >= 0.3 is 0 Å². The lowest BCUT2D eigenvalue weighted by Gasteiger charge is -2.31. The summed E-state index contributed by atoms with van der Waals surface area (Å²) in [4.78, 5) is 14.2. The van der Waals surface area contributed by atoms with Crippen molar-refractivity contribution in [2.75, 3.05) is 18.6 Å². The molecular formula is C15H27N5OS. The maximum Gasteiger partial charge on any atom is 0.233 e. The standard InChI is InChI=1S/C15H27N5OS/c1-3-4-10-13-17-18-15(20(13)16)22-11-14(21)19(2)12-8-6-5-7-9-12/h12H,3-11,16H2,1-2H3. The van der Waals surface area contributed by atoms with Gasteiger partial charge in [0.1, 0.15) is 0 Å². The number of carbonyl (C=O) groups is 1. The van der Waals surface area contributed by atoms with E-state index in [1.165, 1.54) is 35.7 Å². The predicted octanol–water partition coefficient (Wildman–Crippen LogP) is 2.22. The number of aryl methyl sites for hydroxylation is 1. The number of unbranched alkanes of at least 4 members (excludes halogenated alkanes) is 1. The Morgan fingerprint density at radius 2 is 2.09 bits per heavy atom. The molecule has 1 fully saturated rings. The van der Waals surface area contributed by atoms with E-state index in [2.05, 4.69) is 17.1 Å². The zero-order valence-electron chi connectivity index (χ0n) is 13.6. The number of thioether (sulfide) groups is 1. The van der Waals surface area contributed by atoms with Crippen molar-refractivity contribution in [3.05, 3.63) is 5.82 Å². The number of rotatable bonds is 7. The highest BCUT2D eigenvalue weighted by Crippen LogP contribution is 2.23. The average molecular weight is 325 g/mol. The Kier molecular flexibility index (Phi) is 6.54. The molecule has 0 aromatic carbocycles. The van der Waals surface area contributed by atoms with Crippen molar-refractivity contribution in [1.29, 1.82) is 0 Å². The minimum Gasteiger partial charge on any atom is -0.342 e. The summed E-state index contributed by atoms with van der Waals surface area (Å²) in [5.74, 6) is 7.30. The molecule has 7 heteroatoms. The zero-order chi connectivity index (χ0) is 15.9. The zero-order valence-corrected chi connectivity index (χ0v) is 14.4. The fourth-order valence-electron chi connectivity index (χ4n) is 2.81. The summed E-state index contributed by atoms with van der Waals surface area (Å²) >= 11 is 1.37. The van der Waals surface area contributed by atoms with Crippen LogP contribution in [0.2, 0.25) is 0 Å². The van der Waals surface area contributed by atoms with Crippen molar-refractivity contribution < 1.29 is 4.79 Å². The first-order valence-electron chi connectivity index (χ1n) is 8.21. The fraction of sp³-hybridized carbons (Fsp3) is 0.800. The molecule has 0 atom stereocenters. The number of nitrogen functional groups attached to an aromatic ring is 1. The van der Waals surface area contributed by atoms with Gasteiger partial charge in [0, 0.05) is 19.5 Å². The van der Waals surface area contributed by atoms with Gasteiger partial charge in [-0.25, -0.2) is 4.68 Å². The van der Waals surface area contributed by atoms with Gasteiger partial charge in [0.05, 0.1) is 5.75 Å². The van der Waals surface area contributed by atoms with Gasteiger partial charge in [-0.1, -0.05) is 44.4 Å². The summed E-state index contributed by atoms with van der Waals surface area (Å²) in [6.45, 7) is 2.13. The molecule has 0 spiro atoms. The number of nitrogens with zero attached hydrogens (tertiary/aromatic N) is 4. The molecule has 1 saturated carbocycles. The quantitative estimate of drug-likeness (QED) is 0.614. The number of hydrogen-bond donors (Lipinski definition) is 1. The maximum absolute atomic E-state index is 12.3. The molecule has 1 aromatic rings. The van der Waals surface area contributed by atoms with Crippen molar-refractivity contribution in [2.24, 2.45) is 0 Å². The van der Waals surface area contributed by atoms with E-state index >= 15 is 0 Å². The molecule has 0 saturated heterocycles.